The van der Waals surface area contributed by atoms with Gasteiger partial charge in [-0.25, -0.2) is 13.1 Å². The number of methoxy groups -OCH3 is 1. The number of hydrogen-bond donors (Lipinski definition) is 3. The molecule has 0 aromatic heterocycles. The highest BCUT2D eigenvalue weighted by atomic mass is 127. The number of benzene rings is 2. The Morgan fingerprint density at radius 1 is 0.967 bits per heavy atom. The van der Waals surface area contributed by atoms with Gasteiger partial charge in [-0.3, -0.25) is 4.99 Å². The van der Waals surface area contributed by atoms with E-state index < -0.39 is 15.6 Å². The molecule has 166 valence electrons. The van der Waals surface area contributed by atoms with Crippen molar-refractivity contribution in [1.82, 2.24) is 15.4 Å². The molecule has 0 saturated heterocycles. The Morgan fingerprint density at radius 2 is 1.50 bits per heavy atom. The van der Waals surface area contributed by atoms with Crippen molar-refractivity contribution in [1.29, 1.82) is 0 Å². The highest BCUT2D eigenvalue weighted by molar-refractivity contribution is 14.0. The van der Waals surface area contributed by atoms with Gasteiger partial charge in [0.1, 0.15) is 5.75 Å². The van der Waals surface area contributed by atoms with Gasteiger partial charge in [-0.1, -0.05) is 36.4 Å². The molecule has 0 heterocycles. The molecule has 0 unspecified atom stereocenters. The highest BCUT2D eigenvalue weighted by Crippen LogP contribution is 2.18. The zero-order valence-electron chi connectivity index (χ0n) is 18.0. The van der Waals surface area contributed by atoms with Crippen LogP contribution in [0.5, 0.6) is 5.75 Å². The Kier molecular flexibility index (Phi) is 10.1. The predicted molar refractivity (Wildman–Crippen MR) is 132 cm³/mol. The van der Waals surface area contributed by atoms with Gasteiger partial charge in [0.05, 0.1) is 12.0 Å². The van der Waals surface area contributed by atoms with E-state index in [1.54, 1.807) is 32.4 Å². The maximum atomic E-state index is 12.8. The van der Waals surface area contributed by atoms with E-state index in [0.29, 0.717) is 24.6 Å². The van der Waals surface area contributed by atoms with E-state index in [4.69, 9.17) is 4.74 Å². The number of nitrogens with one attached hydrogen (secondary N) is 3. The summed E-state index contributed by atoms with van der Waals surface area (Å²) in [5.41, 5.74) is 1.09. The maximum absolute atomic E-state index is 12.8. The van der Waals surface area contributed by atoms with Crippen LogP contribution in [0.15, 0.2) is 58.4 Å². The van der Waals surface area contributed by atoms with Gasteiger partial charge in [-0.2, -0.15) is 0 Å². The monoisotopic (exact) mass is 546 g/mol. The molecule has 0 amide bonds. The molecule has 0 aliphatic rings. The average molecular weight is 546 g/mol. The number of ether oxygens (including phenoxy) is 1. The molecule has 2 aromatic rings. The van der Waals surface area contributed by atoms with Crippen molar-refractivity contribution in [3.63, 3.8) is 0 Å². The van der Waals surface area contributed by atoms with Crippen LogP contribution in [0.3, 0.4) is 0 Å². The smallest absolute Gasteiger partial charge is 0.241 e. The average Bonchev–Trinajstić information content (AvgIpc) is 2.66. The fraction of sp³-hybridized carbons (Fsp3) is 0.381. The number of halogens is 1. The largest absolute Gasteiger partial charge is 0.496 e. The topological polar surface area (TPSA) is 91.8 Å². The van der Waals surface area contributed by atoms with Crippen molar-refractivity contribution in [3.05, 3.63) is 59.7 Å². The molecular weight excluding hydrogens is 515 g/mol. The summed E-state index contributed by atoms with van der Waals surface area (Å²) in [6, 6.07) is 14.7. The predicted octanol–water partition coefficient (Wildman–Crippen LogP) is 3.26. The lowest BCUT2D eigenvalue weighted by atomic mass is 10.1. The molecule has 7 nitrogen and oxygen atoms in total. The van der Waals surface area contributed by atoms with Crippen molar-refractivity contribution in [2.24, 2.45) is 4.99 Å². The third-order valence-electron chi connectivity index (χ3n) is 4.01. The van der Waals surface area contributed by atoms with Gasteiger partial charge in [0.15, 0.2) is 5.96 Å². The molecule has 0 atom stereocenters. The SMILES string of the molecule is CN=C(NCc1ccccc1OC)NCc1ccccc1S(=O)(=O)NC(C)(C)C.I. The molecular formula is C21H31IN4O3S. The minimum absolute atomic E-state index is 0. The van der Waals surface area contributed by atoms with Gasteiger partial charge >= 0.3 is 0 Å². The maximum Gasteiger partial charge on any atom is 0.241 e. The molecule has 0 bridgehead atoms. The Morgan fingerprint density at radius 3 is 2.07 bits per heavy atom. The van der Waals surface area contributed by atoms with Gasteiger partial charge in [-0.15, -0.1) is 24.0 Å². The second-order valence-electron chi connectivity index (χ2n) is 7.55. The van der Waals surface area contributed by atoms with Crippen LogP contribution in [-0.4, -0.2) is 34.1 Å². The number of para-hydroxylation sites is 1. The van der Waals surface area contributed by atoms with Crippen molar-refractivity contribution < 1.29 is 13.2 Å². The van der Waals surface area contributed by atoms with Crippen LogP contribution in [0, 0.1) is 0 Å². The number of aliphatic imine (C=N–C) groups is 1. The first kappa shape index (κ1) is 26.2. The fourth-order valence-corrected chi connectivity index (χ4v) is 4.46. The summed E-state index contributed by atoms with van der Waals surface area (Å²) in [6.07, 6.45) is 0. The van der Waals surface area contributed by atoms with Gasteiger partial charge in [0, 0.05) is 31.2 Å². The summed E-state index contributed by atoms with van der Waals surface area (Å²) >= 11 is 0. The second-order valence-corrected chi connectivity index (χ2v) is 9.21. The number of hydrogen-bond acceptors (Lipinski definition) is 4. The van der Waals surface area contributed by atoms with Crippen LogP contribution < -0.4 is 20.1 Å². The standard InChI is InChI=1S/C21H30N4O3S.HI/c1-21(2,3)25-29(26,27)19-13-9-7-11-17(19)15-24-20(22-4)23-14-16-10-6-8-12-18(16)28-5;/h6-13,25H,14-15H2,1-5H3,(H2,22,23,24);1H. The third kappa shape index (κ3) is 7.77. The van der Waals surface area contributed by atoms with Gasteiger partial charge in [-0.05, 0) is 38.5 Å². The molecule has 0 radical (unpaired) electrons. The lowest BCUT2D eigenvalue weighted by Gasteiger charge is -2.22. The summed E-state index contributed by atoms with van der Waals surface area (Å²) in [4.78, 5) is 4.47. The number of nitrogens with zero attached hydrogens (tertiary/aromatic N) is 1. The first-order valence-electron chi connectivity index (χ1n) is 9.34. The van der Waals surface area contributed by atoms with Crippen molar-refractivity contribution >= 4 is 40.0 Å². The fourth-order valence-electron chi connectivity index (χ4n) is 2.80. The lowest BCUT2D eigenvalue weighted by molar-refractivity contribution is 0.409. The van der Waals surface area contributed by atoms with Crippen molar-refractivity contribution in [2.75, 3.05) is 14.2 Å². The van der Waals surface area contributed by atoms with Crippen LogP contribution in [0.4, 0.5) is 0 Å². The summed E-state index contributed by atoms with van der Waals surface area (Å²) in [5, 5.41) is 6.40. The number of guanidine groups is 1. The minimum Gasteiger partial charge on any atom is -0.496 e. The third-order valence-corrected chi connectivity index (χ3v) is 5.87. The zero-order valence-corrected chi connectivity index (χ0v) is 21.2. The summed E-state index contributed by atoms with van der Waals surface area (Å²) in [5.74, 6) is 1.35. The molecule has 0 saturated carbocycles. The molecule has 3 N–H and O–H groups in total. The summed E-state index contributed by atoms with van der Waals surface area (Å²) in [6.45, 7) is 6.28. The van der Waals surface area contributed by atoms with E-state index in [1.807, 2.05) is 51.1 Å². The Labute approximate surface area is 196 Å². The van der Waals surface area contributed by atoms with E-state index in [9.17, 15) is 8.42 Å². The molecule has 9 heteroatoms. The first-order chi connectivity index (χ1) is 13.7. The lowest BCUT2D eigenvalue weighted by Crippen LogP contribution is -2.41. The quantitative estimate of drug-likeness (QED) is 0.282. The number of rotatable bonds is 7. The summed E-state index contributed by atoms with van der Waals surface area (Å²) < 4.78 is 33.6. The van der Waals surface area contributed by atoms with Crippen LogP contribution in [0.2, 0.25) is 0 Å². The first-order valence-corrected chi connectivity index (χ1v) is 10.8. The molecule has 2 aromatic carbocycles. The Balaban J connectivity index is 0.00000450. The minimum atomic E-state index is -3.63. The Hall–Kier alpha value is -1.85. The molecule has 0 aliphatic carbocycles. The second kappa shape index (κ2) is 11.5. The molecule has 2 rings (SSSR count). The van der Waals surface area contributed by atoms with Gasteiger partial charge in [0.2, 0.25) is 10.0 Å². The van der Waals surface area contributed by atoms with Gasteiger partial charge in [0.25, 0.3) is 0 Å². The van der Waals surface area contributed by atoms with Crippen molar-refractivity contribution in [3.8, 4) is 5.75 Å². The number of sulfonamides is 1. The van der Waals surface area contributed by atoms with E-state index in [2.05, 4.69) is 20.3 Å². The molecule has 0 fully saturated rings. The summed E-state index contributed by atoms with van der Waals surface area (Å²) in [7, 11) is -0.332. The zero-order chi connectivity index (χ0) is 21.5. The van der Waals surface area contributed by atoms with Crippen LogP contribution in [-0.2, 0) is 23.1 Å². The van der Waals surface area contributed by atoms with Crippen molar-refractivity contribution in [2.45, 2.75) is 44.3 Å². The molecule has 0 aliphatic heterocycles. The van der Waals surface area contributed by atoms with E-state index in [-0.39, 0.29) is 28.9 Å². The van der Waals surface area contributed by atoms with Crippen LogP contribution >= 0.6 is 24.0 Å². The van der Waals surface area contributed by atoms with E-state index in [0.717, 1.165) is 11.3 Å². The van der Waals surface area contributed by atoms with E-state index >= 15 is 0 Å². The highest BCUT2D eigenvalue weighted by Gasteiger charge is 2.24. The van der Waals surface area contributed by atoms with E-state index in [1.165, 1.54) is 0 Å². The molecule has 30 heavy (non-hydrogen) atoms. The normalized spacial score (nSPS) is 12.1. The van der Waals surface area contributed by atoms with Crippen LogP contribution in [0.25, 0.3) is 0 Å². The Bertz CT molecular complexity index is 957. The van der Waals surface area contributed by atoms with Crippen LogP contribution in [0.1, 0.15) is 31.9 Å². The van der Waals surface area contributed by atoms with Gasteiger partial charge < -0.3 is 15.4 Å². The molecule has 0 spiro atoms.